The maximum absolute atomic E-state index is 2.26. The summed E-state index contributed by atoms with van der Waals surface area (Å²) in [4.78, 5) is 0. The Morgan fingerprint density at radius 1 is 1.00 bits per heavy atom. The average molecular weight is 222 g/mol. The van der Waals surface area contributed by atoms with Crippen LogP contribution in [0.25, 0.3) is 0 Å². The van der Waals surface area contributed by atoms with Crippen molar-refractivity contribution >= 4 is 0 Å². The molecule has 0 aliphatic rings. The molecule has 0 fully saturated rings. The third-order valence-corrected chi connectivity index (χ3v) is 1.60. The molecule has 0 heterocycles. The Hall–Kier alpha value is 0.623. The van der Waals surface area contributed by atoms with Crippen LogP contribution in [0, 0.1) is 17.8 Å². The van der Waals surface area contributed by atoms with Crippen LogP contribution in [-0.4, -0.2) is 0 Å². The Morgan fingerprint density at radius 2 is 1.25 bits per heavy atom. The zero-order valence-corrected chi connectivity index (χ0v) is 13.0. The van der Waals surface area contributed by atoms with Gasteiger partial charge in [0.15, 0.2) is 0 Å². The SMILES string of the molecule is CCC(C)[C-](C)C.C[C-](C)C.[Zn+2]. The summed E-state index contributed by atoms with van der Waals surface area (Å²) in [7, 11) is 0. The minimum atomic E-state index is 0. The summed E-state index contributed by atoms with van der Waals surface area (Å²) in [6, 6.07) is 0. The molecule has 0 saturated carbocycles. The summed E-state index contributed by atoms with van der Waals surface area (Å²) in [5.74, 6) is 3.78. The van der Waals surface area contributed by atoms with Crippen LogP contribution in [0.5, 0.6) is 0 Å². The van der Waals surface area contributed by atoms with Crippen LogP contribution < -0.4 is 0 Å². The van der Waals surface area contributed by atoms with Crippen molar-refractivity contribution in [3.63, 3.8) is 0 Å². The average Bonchev–Trinajstić information content (AvgIpc) is 1.85. The van der Waals surface area contributed by atoms with Crippen LogP contribution in [0.2, 0.25) is 0 Å². The first-order chi connectivity index (χ1) is 4.91. The van der Waals surface area contributed by atoms with Crippen LogP contribution in [0.4, 0.5) is 0 Å². The van der Waals surface area contributed by atoms with Crippen molar-refractivity contribution in [2.75, 3.05) is 0 Å². The molecule has 0 N–H and O–H groups in total. The van der Waals surface area contributed by atoms with E-state index in [2.05, 4.69) is 48.5 Å². The first kappa shape index (κ1) is 18.4. The Balaban J connectivity index is -0.000000142. The van der Waals surface area contributed by atoms with Gasteiger partial charge < -0.3 is 11.8 Å². The van der Waals surface area contributed by atoms with Gasteiger partial charge in [0.05, 0.1) is 0 Å². The molecule has 0 rings (SSSR count). The first-order valence-corrected chi connectivity index (χ1v) is 4.48. The van der Waals surface area contributed by atoms with Crippen molar-refractivity contribution in [1.29, 1.82) is 0 Å². The van der Waals surface area contributed by atoms with Crippen LogP contribution in [-0.2, 0) is 19.5 Å². The fourth-order valence-electron chi connectivity index (χ4n) is 0.408. The van der Waals surface area contributed by atoms with Gasteiger partial charge in [-0.25, -0.2) is 0 Å². The molecule has 0 spiro atoms. The first-order valence-electron chi connectivity index (χ1n) is 4.48. The summed E-state index contributed by atoms with van der Waals surface area (Å²) < 4.78 is 0. The molecule has 0 aliphatic carbocycles. The zero-order valence-electron chi connectivity index (χ0n) is 9.99. The summed E-state index contributed by atoms with van der Waals surface area (Å²) in [5, 5.41) is 0. The molecule has 0 aliphatic heterocycles. The van der Waals surface area contributed by atoms with E-state index in [4.69, 9.17) is 0 Å². The van der Waals surface area contributed by atoms with Crippen molar-refractivity contribution < 1.29 is 19.5 Å². The van der Waals surface area contributed by atoms with Crippen molar-refractivity contribution in [2.45, 2.75) is 54.9 Å². The van der Waals surface area contributed by atoms with Gasteiger partial charge in [-0.1, -0.05) is 20.3 Å². The zero-order chi connectivity index (χ0) is 9.44. The molecule has 0 radical (unpaired) electrons. The van der Waals surface area contributed by atoms with Gasteiger partial charge in [-0.05, 0) is 0 Å². The van der Waals surface area contributed by atoms with E-state index in [9.17, 15) is 0 Å². The third kappa shape index (κ3) is 22.4. The molecule has 1 heteroatoms. The van der Waals surface area contributed by atoms with Crippen LogP contribution in [0.3, 0.4) is 0 Å². The minimum absolute atomic E-state index is 0. The molecule has 0 bridgehead atoms. The second-order valence-corrected chi connectivity index (χ2v) is 3.89. The third-order valence-electron chi connectivity index (χ3n) is 1.60. The molecule has 0 aromatic heterocycles. The number of hydrogen-bond acceptors (Lipinski definition) is 0. The van der Waals surface area contributed by atoms with Crippen LogP contribution >= 0.6 is 0 Å². The minimum Gasteiger partial charge on any atom is -0.323 e. The van der Waals surface area contributed by atoms with Gasteiger partial charge in [0, 0.05) is 0 Å². The topological polar surface area (TPSA) is 0 Å². The molecule has 12 heavy (non-hydrogen) atoms. The van der Waals surface area contributed by atoms with E-state index in [0.717, 1.165) is 5.92 Å². The predicted octanol–water partition coefficient (Wildman–Crippen LogP) is 4.26. The fourth-order valence-corrected chi connectivity index (χ4v) is 0.408. The van der Waals surface area contributed by atoms with E-state index < -0.39 is 0 Å². The van der Waals surface area contributed by atoms with Gasteiger partial charge in [-0.2, -0.15) is 40.5 Å². The number of rotatable bonds is 2. The molecule has 0 nitrogen and oxygen atoms in total. The van der Waals surface area contributed by atoms with E-state index in [-0.39, 0.29) is 19.5 Å². The molecule has 1 unspecified atom stereocenters. The molecule has 0 aromatic carbocycles. The second-order valence-electron chi connectivity index (χ2n) is 3.89. The Morgan fingerprint density at radius 3 is 1.25 bits per heavy atom. The molecule has 0 saturated heterocycles. The van der Waals surface area contributed by atoms with Gasteiger partial charge >= 0.3 is 19.5 Å². The summed E-state index contributed by atoms with van der Waals surface area (Å²) >= 11 is 0. The Labute approximate surface area is 92.3 Å². The fraction of sp³-hybridized carbons (Fsp3) is 0.818. The van der Waals surface area contributed by atoms with E-state index in [0.29, 0.717) is 0 Å². The number of hydrogen-bond donors (Lipinski definition) is 0. The van der Waals surface area contributed by atoms with Gasteiger partial charge in [-0.3, -0.25) is 0 Å². The van der Waals surface area contributed by atoms with E-state index in [1.54, 1.807) is 5.92 Å². The van der Waals surface area contributed by atoms with Gasteiger partial charge in [-0.15, -0.1) is 0 Å². The Kier molecular flexibility index (Phi) is 17.8. The summed E-state index contributed by atoms with van der Waals surface area (Å²) in [6.07, 6.45) is 1.28. The molecular weight excluding hydrogens is 198 g/mol. The molecule has 1 atom stereocenters. The van der Waals surface area contributed by atoms with Crippen molar-refractivity contribution in [3.05, 3.63) is 11.8 Å². The maximum atomic E-state index is 2.26. The monoisotopic (exact) mass is 220 g/mol. The van der Waals surface area contributed by atoms with Gasteiger partial charge in [0.2, 0.25) is 0 Å². The normalized spacial score (nSPS) is 11.8. The van der Waals surface area contributed by atoms with E-state index >= 15 is 0 Å². The van der Waals surface area contributed by atoms with E-state index in [1.165, 1.54) is 12.3 Å². The van der Waals surface area contributed by atoms with Crippen molar-refractivity contribution in [3.8, 4) is 0 Å². The van der Waals surface area contributed by atoms with E-state index in [1.807, 2.05) is 0 Å². The quantitative estimate of drug-likeness (QED) is 0.483. The van der Waals surface area contributed by atoms with Crippen molar-refractivity contribution in [2.24, 2.45) is 5.92 Å². The Bertz CT molecular complexity index is 64.6. The molecule has 70 valence electrons. The summed E-state index contributed by atoms with van der Waals surface area (Å²) in [6.45, 7) is 15.1. The second kappa shape index (κ2) is 11.6. The molecular formula is C11H24Zn. The predicted molar refractivity (Wildman–Crippen MR) is 54.3 cm³/mol. The molecule has 0 aromatic rings. The van der Waals surface area contributed by atoms with Crippen LogP contribution in [0.1, 0.15) is 54.9 Å². The largest absolute Gasteiger partial charge is 2.00 e. The van der Waals surface area contributed by atoms with Gasteiger partial charge in [0.25, 0.3) is 0 Å². The van der Waals surface area contributed by atoms with Crippen LogP contribution in [0.15, 0.2) is 0 Å². The van der Waals surface area contributed by atoms with Gasteiger partial charge in [0.1, 0.15) is 0 Å². The smallest absolute Gasteiger partial charge is 0.323 e. The standard InChI is InChI=1S/C7H15.C4H9.Zn/c1-5-7(4)6(2)3;1-4(2)3;/h7H,5H2,1-4H3;1-3H3;/q2*-1;+2. The summed E-state index contributed by atoms with van der Waals surface area (Å²) in [5.41, 5.74) is 0. The van der Waals surface area contributed by atoms with Crippen molar-refractivity contribution in [1.82, 2.24) is 0 Å². The maximum Gasteiger partial charge on any atom is 2.00 e. The molecule has 0 amide bonds.